The SMILES string of the molecule is Cc1nc(N)[nH]c(=O)c1N(Cc1ccc(Cl)c(Cl)c1)N=O. The highest BCUT2D eigenvalue weighted by Crippen LogP contribution is 2.24. The molecule has 0 radical (unpaired) electrons. The Kier molecular flexibility index (Phi) is 4.44. The van der Waals surface area contributed by atoms with Crippen LogP contribution < -0.4 is 16.3 Å². The van der Waals surface area contributed by atoms with Gasteiger partial charge in [0.15, 0.2) is 0 Å². The number of nitroso groups, excluding NO2 is 1. The molecule has 3 N–H and O–H groups in total. The van der Waals surface area contributed by atoms with Crippen LogP contribution in [-0.4, -0.2) is 9.97 Å². The van der Waals surface area contributed by atoms with Gasteiger partial charge in [-0.15, -0.1) is 4.91 Å². The van der Waals surface area contributed by atoms with Crippen LogP contribution in [0, 0.1) is 11.8 Å². The van der Waals surface area contributed by atoms with Crippen LogP contribution in [0.3, 0.4) is 0 Å². The standard InChI is InChI=1S/C12H11Cl2N5O2/c1-6-10(11(20)17-12(15)16-6)19(18-21)5-7-2-3-8(13)9(14)4-7/h2-4H,5H2,1H3,(H3,15,16,17,20). The summed E-state index contributed by atoms with van der Waals surface area (Å²) in [6.45, 7) is 1.61. The first-order chi connectivity index (χ1) is 9.92. The lowest BCUT2D eigenvalue weighted by Crippen LogP contribution is -2.26. The molecular weight excluding hydrogens is 317 g/mol. The number of nitrogens with two attached hydrogens (primary N) is 1. The van der Waals surface area contributed by atoms with Crippen molar-refractivity contribution in [3.05, 3.63) is 54.8 Å². The first kappa shape index (κ1) is 15.3. The lowest BCUT2D eigenvalue weighted by molar-refractivity contribution is 0.823. The number of aryl methyl sites for hydroxylation is 1. The molecular formula is C12H11Cl2N5O2. The van der Waals surface area contributed by atoms with Crippen molar-refractivity contribution in [3.8, 4) is 0 Å². The van der Waals surface area contributed by atoms with E-state index in [0.717, 1.165) is 5.01 Å². The van der Waals surface area contributed by atoms with Crippen LogP contribution in [0.5, 0.6) is 0 Å². The summed E-state index contributed by atoms with van der Waals surface area (Å²) in [6, 6.07) is 4.87. The lowest BCUT2D eigenvalue weighted by atomic mass is 10.2. The van der Waals surface area contributed by atoms with Crippen LogP contribution in [0.25, 0.3) is 0 Å². The quantitative estimate of drug-likeness (QED) is 0.663. The number of H-pyrrole nitrogens is 1. The van der Waals surface area contributed by atoms with Crippen LogP contribution in [0.2, 0.25) is 10.0 Å². The number of anilines is 2. The van der Waals surface area contributed by atoms with Gasteiger partial charge >= 0.3 is 0 Å². The van der Waals surface area contributed by atoms with E-state index in [2.05, 4.69) is 15.3 Å². The van der Waals surface area contributed by atoms with Gasteiger partial charge in [-0.3, -0.25) is 9.78 Å². The van der Waals surface area contributed by atoms with Crippen molar-refractivity contribution >= 4 is 34.8 Å². The smallest absolute Gasteiger partial charge is 0.278 e. The normalized spacial score (nSPS) is 10.4. The fraction of sp³-hybridized carbons (Fsp3) is 0.167. The summed E-state index contributed by atoms with van der Waals surface area (Å²) >= 11 is 11.7. The van der Waals surface area contributed by atoms with Crippen LogP contribution >= 0.6 is 23.2 Å². The van der Waals surface area contributed by atoms with Gasteiger partial charge in [-0.05, 0) is 24.6 Å². The van der Waals surface area contributed by atoms with Gasteiger partial charge in [0.25, 0.3) is 5.56 Å². The predicted molar refractivity (Wildman–Crippen MR) is 82.4 cm³/mol. The molecule has 0 unspecified atom stereocenters. The van der Waals surface area contributed by atoms with E-state index in [1.807, 2.05) is 0 Å². The number of nitrogens with zero attached hydrogens (tertiary/aromatic N) is 3. The van der Waals surface area contributed by atoms with E-state index >= 15 is 0 Å². The van der Waals surface area contributed by atoms with Gasteiger partial charge in [0.05, 0.1) is 27.6 Å². The largest absolute Gasteiger partial charge is 0.369 e. The number of nitrogens with one attached hydrogen (secondary N) is 1. The Balaban J connectivity index is 2.39. The van der Waals surface area contributed by atoms with Gasteiger partial charge < -0.3 is 5.73 Å². The Labute approximate surface area is 129 Å². The number of halogens is 2. The number of aromatic amines is 1. The number of rotatable bonds is 4. The summed E-state index contributed by atoms with van der Waals surface area (Å²) in [5.41, 5.74) is 5.89. The summed E-state index contributed by atoms with van der Waals surface area (Å²) < 4.78 is 0. The van der Waals surface area contributed by atoms with Gasteiger partial charge in [0.2, 0.25) is 5.95 Å². The average Bonchev–Trinajstić information content (AvgIpc) is 2.40. The minimum absolute atomic E-state index is 0.0263. The maximum Gasteiger partial charge on any atom is 0.278 e. The molecule has 110 valence electrons. The van der Waals surface area contributed by atoms with Gasteiger partial charge in [0.1, 0.15) is 5.69 Å². The molecule has 0 aliphatic carbocycles. The zero-order chi connectivity index (χ0) is 15.6. The Morgan fingerprint density at radius 1 is 1.38 bits per heavy atom. The van der Waals surface area contributed by atoms with Crippen molar-refractivity contribution < 1.29 is 0 Å². The molecule has 21 heavy (non-hydrogen) atoms. The maximum atomic E-state index is 11.9. The monoisotopic (exact) mass is 327 g/mol. The highest BCUT2D eigenvalue weighted by atomic mass is 35.5. The van der Waals surface area contributed by atoms with E-state index in [1.165, 1.54) is 0 Å². The van der Waals surface area contributed by atoms with Gasteiger partial charge in [-0.25, -0.2) is 9.99 Å². The molecule has 0 bridgehead atoms. The number of benzene rings is 1. The zero-order valence-electron chi connectivity index (χ0n) is 10.9. The third-order valence-corrected chi connectivity index (χ3v) is 3.50. The fourth-order valence-corrected chi connectivity index (χ4v) is 2.19. The van der Waals surface area contributed by atoms with E-state index in [9.17, 15) is 9.70 Å². The summed E-state index contributed by atoms with van der Waals surface area (Å²) in [4.78, 5) is 29.2. The molecule has 0 spiro atoms. The molecule has 1 heterocycles. The maximum absolute atomic E-state index is 11.9. The molecule has 9 heteroatoms. The molecule has 0 aliphatic heterocycles. The Hall–Kier alpha value is -2.12. The number of hydrogen-bond donors (Lipinski definition) is 2. The van der Waals surface area contributed by atoms with Crippen molar-refractivity contribution in [2.45, 2.75) is 13.5 Å². The molecule has 7 nitrogen and oxygen atoms in total. The number of hydrogen-bond acceptors (Lipinski definition) is 5. The van der Waals surface area contributed by atoms with Crippen LogP contribution in [0.1, 0.15) is 11.3 Å². The lowest BCUT2D eigenvalue weighted by Gasteiger charge is -2.16. The highest BCUT2D eigenvalue weighted by Gasteiger charge is 2.17. The van der Waals surface area contributed by atoms with Gasteiger partial charge in [-0.2, -0.15) is 0 Å². The summed E-state index contributed by atoms with van der Waals surface area (Å²) in [6.07, 6.45) is 0. The van der Waals surface area contributed by atoms with E-state index in [-0.39, 0.29) is 18.2 Å². The van der Waals surface area contributed by atoms with Crippen molar-refractivity contribution in [2.75, 3.05) is 10.7 Å². The topological polar surface area (TPSA) is 104 Å². The van der Waals surface area contributed by atoms with E-state index in [1.54, 1.807) is 25.1 Å². The highest BCUT2D eigenvalue weighted by molar-refractivity contribution is 6.42. The first-order valence-corrected chi connectivity index (χ1v) is 6.59. The Morgan fingerprint density at radius 2 is 2.10 bits per heavy atom. The van der Waals surface area contributed by atoms with Crippen molar-refractivity contribution in [3.63, 3.8) is 0 Å². The number of aromatic nitrogens is 2. The zero-order valence-corrected chi connectivity index (χ0v) is 12.4. The van der Waals surface area contributed by atoms with E-state index < -0.39 is 5.56 Å². The third kappa shape index (κ3) is 3.32. The Bertz CT molecular complexity index is 747. The molecule has 0 atom stereocenters. The van der Waals surface area contributed by atoms with E-state index in [0.29, 0.717) is 21.3 Å². The second-order valence-corrected chi connectivity index (χ2v) is 5.09. The van der Waals surface area contributed by atoms with E-state index in [4.69, 9.17) is 28.9 Å². The Morgan fingerprint density at radius 3 is 2.67 bits per heavy atom. The summed E-state index contributed by atoms with van der Waals surface area (Å²) in [7, 11) is 0. The van der Waals surface area contributed by atoms with Crippen LogP contribution in [-0.2, 0) is 6.54 Å². The fourth-order valence-electron chi connectivity index (χ4n) is 1.87. The number of nitrogen functional groups attached to an aromatic ring is 1. The molecule has 0 saturated heterocycles. The molecule has 2 rings (SSSR count). The minimum Gasteiger partial charge on any atom is -0.369 e. The second kappa shape index (κ2) is 6.11. The molecule has 0 aliphatic rings. The molecule has 1 aromatic carbocycles. The minimum atomic E-state index is -0.542. The molecule has 0 amide bonds. The van der Waals surface area contributed by atoms with Gasteiger partial charge in [-0.1, -0.05) is 29.3 Å². The van der Waals surface area contributed by atoms with Crippen molar-refractivity contribution in [2.24, 2.45) is 5.29 Å². The van der Waals surface area contributed by atoms with Crippen LogP contribution in [0.4, 0.5) is 11.6 Å². The average molecular weight is 328 g/mol. The van der Waals surface area contributed by atoms with Gasteiger partial charge in [0, 0.05) is 0 Å². The molecule has 0 fully saturated rings. The first-order valence-electron chi connectivity index (χ1n) is 5.83. The summed E-state index contributed by atoms with van der Waals surface area (Å²) in [5.74, 6) is -0.0263. The molecule has 1 aromatic heterocycles. The summed E-state index contributed by atoms with van der Waals surface area (Å²) in [5, 5.41) is 4.60. The molecule has 2 aromatic rings. The van der Waals surface area contributed by atoms with Crippen molar-refractivity contribution in [1.29, 1.82) is 0 Å². The third-order valence-electron chi connectivity index (χ3n) is 2.76. The van der Waals surface area contributed by atoms with Crippen molar-refractivity contribution in [1.82, 2.24) is 9.97 Å². The van der Waals surface area contributed by atoms with Crippen LogP contribution in [0.15, 0.2) is 28.3 Å². The second-order valence-electron chi connectivity index (χ2n) is 4.27. The molecule has 0 saturated carbocycles. The predicted octanol–water partition coefficient (Wildman–Crippen LogP) is 2.66.